The van der Waals surface area contributed by atoms with Crippen LogP contribution in [0, 0.1) is 13.8 Å². The van der Waals surface area contributed by atoms with Crippen molar-refractivity contribution in [1.29, 1.82) is 0 Å². The molecule has 102 valence electrons. The highest BCUT2D eigenvalue weighted by atomic mass is 35.5. The van der Waals surface area contributed by atoms with Gasteiger partial charge in [0.1, 0.15) is 0 Å². The molecule has 5 nitrogen and oxygen atoms in total. The zero-order chi connectivity index (χ0) is 14.0. The highest BCUT2D eigenvalue weighted by Gasteiger charge is 2.11. The van der Waals surface area contributed by atoms with E-state index in [2.05, 4.69) is 34.2 Å². The van der Waals surface area contributed by atoms with Crippen LogP contribution in [0.3, 0.4) is 0 Å². The molecule has 6 heteroatoms. The average molecular weight is 280 g/mol. The van der Waals surface area contributed by atoms with Crippen molar-refractivity contribution >= 4 is 11.6 Å². The predicted octanol–water partition coefficient (Wildman–Crippen LogP) is 2.43. The van der Waals surface area contributed by atoms with Gasteiger partial charge in [0, 0.05) is 12.6 Å². The fraction of sp³-hybridized carbons (Fsp3) is 0.462. The minimum absolute atomic E-state index is 0.427. The molecule has 0 aromatic carbocycles. The van der Waals surface area contributed by atoms with E-state index in [0.717, 1.165) is 17.1 Å². The molecule has 0 aliphatic rings. The van der Waals surface area contributed by atoms with Crippen molar-refractivity contribution in [2.75, 3.05) is 0 Å². The highest BCUT2D eigenvalue weighted by Crippen LogP contribution is 2.21. The summed E-state index contributed by atoms with van der Waals surface area (Å²) in [6.45, 7) is 8.70. The highest BCUT2D eigenvalue weighted by molar-refractivity contribution is 6.31. The molecular weight excluding hydrogens is 262 g/mol. The van der Waals surface area contributed by atoms with Gasteiger partial charge in [0.25, 0.3) is 0 Å². The van der Waals surface area contributed by atoms with Crippen molar-refractivity contribution in [2.24, 2.45) is 0 Å². The lowest BCUT2D eigenvalue weighted by Gasteiger charge is -2.08. The largest absolute Gasteiger partial charge is 0.309 e. The minimum atomic E-state index is 0.427. The Morgan fingerprint density at radius 3 is 2.47 bits per heavy atom. The maximum absolute atomic E-state index is 6.12. The Balaban J connectivity index is 2.20. The third-order valence-electron chi connectivity index (χ3n) is 2.80. The van der Waals surface area contributed by atoms with E-state index in [1.807, 2.05) is 13.8 Å². The summed E-state index contributed by atoms with van der Waals surface area (Å²) in [6.07, 6.45) is 3.47. The van der Waals surface area contributed by atoms with E-state index >= 15 is 0 Å². The van der Waals surface area contributed by atoms with Crippen LogP contribution in [0.25, 0.3) is 5.82 Å². The first-order valence-electron chi connectivity index (χ1n) is 6.25. The van der Waals surface area contributed by atoms with Crippen LogP contribution < -0.4 is 5.32 Å². The maximum Gasteiger partial charge on any atom is 0.172 e. The number of hydrogen-bond acceptors (Lipinski definition) is 4. The van der Waals surface area contributed by atoms with Gasteiger partial charge in [-0.3, -0.25) is 4.98 Å². The zero-order valence-electron chi connectivity index (χ0n) is 11.6. The quantitative estimate of drug-likeness (QED) is 0.934. The molecule has 0 aliphatic heterocycles. The van der Waals surface area contributed by atoms with Crippen LogP contribution in [-0.2, 0) is 6.54 Å². The van der Waals surface area contributed by atoms with E-state index in [0.29, 0.717) is 23.4 Å². The lowest BCUT2D eigenvalue weighted by atomic mass is 10.3. The SMILES string of the molecule is Cc1nn(-c2cnc(CNC(C)C)cn2)c(C)c1Cl. The lowest BCUT2D eigenvalue weighted by molar-refractivity contribution is 0.579. The number of aryl methyl sites for hydroxylation is 1. The molecule has 0 atom stereocenters. The minimum Gasteiger partial charge on any atom is -0.309 e. The van der Waals surface area contributed by atoms with Crippen molar-refractivity contribution in [3.05, 3.63) is 34.5 Å². The van der Waals surface area contributed by atoms with Crippen LogP contribution >= 0.6 is 11.6 Å². The molecule has 0 unspecified atom stereocenters. The number of rotatable bonds is 4. The van der Waals surface area contributed by atoms with Crippen LogP contribution in [0.1, 0.15) is 30.9 Å². The number of hydrogen-bond donors (Lipinski definition) is 1. The molecule has 0 radical (unpaired) electrons. The van der Waals surface area contributed by atoms with E-state index in [1.54, 1.807) is 17.1 Å². The molecule has 1 N–H and O–H groups in total. The molecule has 2 heterocycles. The summed E-state index contributed by atoms with van der Waals surface area (Å²) in [5.74, 6) is 0.681. The fourth-order valence-corrected chi connectivity index (χ4v) is 1.82. The Morgan fingerprint density at radius 1 is 1.26 bits per heavy atom. The molecule has 2 aromatic rings. The van der Waals surface area contributed by atoms with Crippen molar-refractivity contribution < 1.29 is 0 Å². The molecule has 0 aliphatic carbocycles. The van der Waals surface area contributed by atoms with Crippen LogP contribution in [0.5, 0.6) is 0 Å². The number of nitrogens with one attached hydrogen (secondary N) is 1. The van der Waals surface area contributed by atoms with Gasteiger partial charge in [-0.05, 0) is 13.8 Å². The van der Waals surface area contributed by atoms with Gasteiger partial charge in [-0.15, -0.1) is 0 Å². The molecule has 0 fully saturated rings. The summed E-state index contributed by atoms with van der Waals surface area (Å²) >= 11 is 6.12. The Bertz CT molecular complexity index is 559. The summed E-state index contributed by atoms with van der Waals surface area (Å²) in [6, 6.07) is 0.427. The van der Waals surface area contributed by atoms with Crippen molar-refractivity contribution in [1.82, 2.24) is 25.1 Å². The summed E-state index contributed by atoms with van der Waals surface area (Å²) in [4.78, 5) is 8.76. The maximum atomic E-state index is 6.12. The molecule has 2 rings (SSSR count). The molecule has 19 heavy (non-hydrogen) atoms. The first-order valence-corrected chi connectivity index (χ1v) is 6.63. The van der Waals surface area contributed by atoms with E-state index in [1.165, 1.54) is 0 Å². The van der Waals surface area contributed by atoms with Gasteiger partial charge >= 0.3 is 0 Å². The fourth-order valence-electron chi connectivity index (χ4n) is 1.70. The van der Waals surface area contributed by atoms with E-state index in [9.17, 15) is 0 Å². The van der Waals surface area contributed by atoms with E-state index in [4.69, 9.17) is 11.6 Å². The summed E-state index contributed by atoms with van der Waals surface area (Å²) in [5.41, 5.74) is 2.58. The normalized spacial score (nSPS) is 11.3. The third kappa shape index (κ3) is 3.11. The van der Waals surface area contributed by atoms with Gasteiger partial charge in [0.15, 0.2) is 5.82 Å². The van der Waals surface area contributed by atoms with Crippen LogP contribution in [0.2, 0.25) is 5.02 Å². The second kappa shape index (κ2) is 5.67. The standard InChI is InChI=1S/C13H18ClN5/c1-8(2)15-5-11-6-17-12(7-16-11)19-10(4)13(14)9(3)18-19/h6-8,15H,5H2,1-4H3. The predicted molar refractivity (Wildman–Crippen MR) is 75.6 cm³/mol. The van der Waals surface area contributed by atoms with Gasteiger partial charge in [0.05, 0.1) is 34.5 Å². The Hall–Kier alpha value is -1.46. The molecule has 0 bridgehead atoms. The van der Waals surface area contributed by atoms with Gasteiger partial charge in [-0.25, -0.2) is 9.67 Å². The second-order valence-corrected chi connectivity index (χ2v) is 5.18. The first kappa shape index (κ1) is 14.0. The summed E-state index contributed by atoms with van der Waals surface area (Å²) in [5, 5.41) is 8.32. The van der Waals surface area contributed by atoms with Crippen LogP contribution in [0.4, 0.5) is 0 Å². The molecule has 0 spiro atoms. The van der Waals surface area contributed by atoms with Crippen LogP contribution in [0.15, 0.2) is 12.4 Å². The van der Waals surface area contributed by atoms with Crippen LogP contribution in [-0.4, -0.2) is 25.8 Å². The number of nitrogens with zero attached hydrogens (tertiary/aromatic N) is 4. The van der Waals surface area contributed by atoms with Crippen molar-refractivity contribution in [3.63, 3.8) is 0 Å². The molecule has 0 amide bonds. The van der Waals surface area contributed by atoms with Crippen molar-refractivity contribution in [3.8, 4) is 5.82 Å². The Kier molecular flexibility index (Phi) is 4.17. The molecular formula is C13H18ClN5. The van der Waals surface area contributed by atoms with Gasteiger partial charge in [0.2, 0.25) is 0 Å². The average Bonchev–Trinajstić information content (AvgIpc) is 2.65. The zero-order valence-corrected chi connectivity index (χ0v) is 12.4. The Morgan fingerprint density at radius 2 is 2.00 bits per heavy atom. The summed E-state index contributed by atoms with van der Waals surface area (Å²) < 4.78 is 1.71. The molecule has 0 saturated heterocycles. The first-order chi connectivity index (χ1) is 8.99. The smallest absolute Gasteiger partial charge is 0.172 e. The molecule has 2 aromatic heterocycles. The van der Waals surface area contributed by atoms with E-state index < -0.39 is 0 Å². The van der Waals surface area contributed by atoms with Gasteiger partial charge in [-0.2, -0.15) is 5.10 Å². The van der Waals surface area contributed by atoms with Gasteiger partial charge < -0.3 is 5.32 Å². The van der Waals surface area contributed by atoms with Crippen molar-refractivity contribution in [2.45, 2.75) is 40.3 Å². The van der Waals surface area contributed by atoms with E-state index in [-0.39, 0.29) is 0 Å². The second-order valence-electron chi connectivity index (χ2n) is 4.80. The number of aromatic nitrogens is 4. The summed E-state index contributed by atoms with van der Waals surface area (Å²) in [7, 11) is 0. The number of halogens is 1. The third-order valence-corrected chi connectivity index (χ3v) is 3.35. The molecule has 0 saturated carbocycles. The lowest BCUT2D eigenvalue weighted by Crippen LogP contribution is -2.22. The van der Waals surface area contributed by atoms with Gasteiger partial charge in [-0.1, -0.05) is 25.4 Å². The topological polar surface area (TPSA) is 55.6 Å². The Labute approximate surface area is 118 Å². The monoisotopic (exact) mass is 279 g/mol.